The van der Waals surface area contributed by atoms with Crippen molar-refractivity contribution in [1.29, 1.82) is 0 Å². The minimum absolute atomic E-state index is 0.143. The van der Waals surface area contributed by atoms with Crippen LogP contribution in [0.2, 0.25) is 0 Å². The normalized spacial score (nSPS) is 11.8. The van der Waals surface area contributed by atoms with Gasteiger partial charge in [0.05, 0.1) is 7.11 Å². The summed E-state index contributed by atoms with van der Waals surface area (Å²) in [6.07, 6.45) is 0.248. The van der Waals surface area contributed by atoms with Crippen LogP contribution in [0.1, 0.15) is 21.7 Å². The number of esters is 1. The molecular formula is C20H19N3O4. The van der Waals surface area contributed by atoms with E-state index in [9.17, 15) is 14.8 Å². The molecule has 1 atom stereocenters. The van der Waals surface area contributed by atoms with Crippen molar-refractivity contribution >= 4 is 22.9 Å². The molecule has 1 N–H and O–H groups in total. The van der Waals surface area contributed by atoms with Crippen LogP contribution in [0.25, 0.3) is 11.0 Å². The van der Waals surface area contributed by atoms with Crippen molar-refractivity contribution in [3.05, 3.63) is 76.8 Å². The van der Waals surface area contributed by atoms with Crippen LogP contribution in [0, 0.1) is 12.1 Å². The van der Waals surface area contributed by atoms with Crippen molar-refractivity contribution in [2.75, 3.05) is 7.11 Å². The number of methoxy groups -OCH3 is 1. The van der Waals surface area contributed by atoms with Crippen LogP contribution in [0.3, 0.4) is 0 Å². The SMILES string of the molecule is COC(=O)[C@H](Cc1ccccc1)NC(=O)c1c(C)nc2ccccc2[n+]1[O-]. The third-order valence-electron chi connectivity index (χ3n) is 4.22. The zero-order valence-corrected chi connectivity index (χ0v) is 15.0. The van der Waals surface area contributed by atoms with E-state index in [-0.39, 0.29) is 23.3 Å². The Kier molecular flexibility index (Phi) is 5.30. The molecule has 0 aliphatic carbocycles. The minimum atomic E-state index is -0.921. The molecule has 3 aromatic rings. The van der Waals surface area contributed by atoms with Crippen LogP contribution >= 0.6 is 0 Å². The Morgan fingerprint density at radius 3 is 2.52 bits per heavy atom. The molecule has 138 valence electrons. The summed E-state index contributed by atoms with van der Waals surface area (Å²) in [6.45, 7) is 1.58. The van der Waals surface area contributed by atoms with Crippen LogP contribution in [0.4, 0.5) is 0 Å². The van der Waals surface area contributed by atoms with E-state index in [0.717, 1.165) is 5.56 Å². The van der Waals surface area contributed by atoms with Crippen molar-refractivity contribution in [3.8, 4) is 0 Å². The molecule has 0 radical (unpaired) electrons. The molecular weight excluding hydrogens is 346 g/mol. The number of hydrogen-bond donors (Lipinski definition) is 1. The van der Waals surface area contributed by atoms with Crippen molar-refractivity contribution < 1.29 is 19.1 Å². The second-order valence-electron chi connectivity index (χ2n) is 6.07. The van der Waals surface area contributed by atoms with Gasteiger partial charge in [-0.05, 0) is 18.6 Å². The second kappa shape index (κ2) is 7.82. The summed E-state index contributed by atoms with van der Waals surface area (Å²) in [5, 5.41) is 15.3. The quantitative estimate of drug-likeness (QED) is 0.422. The number of nitrogens with one attached hydrogen (secondary N) is 1. The molecule has 27 heavy (non-hydrogen) atoms. The Hall–Kier alpha value is -3.48. The third-order valence-corrected chi connectivity index (χ3v) is 4.22. The molecule has 0 spiro atoms. The smallest absolute Gasteiger partial charge is 0.328 e. The van der Waals surface area contributed by atoms with Gasteiger partial charge in [-0.25, -0.2) is 9.78 Å². The number of fused-ring (bicyclic) bond motifs is 1. The molecule has 3 rings (SSSR count). The van der Waals surface area contributed by atoms with Gasteiger partial charge in [0.2, 0.25) is 5.52 Å². The van der Waals surface area contributed by atoms with Gasteiger partial charge in [0.25, 0.3) is 0 Å². The van der Waals surface area contributed by atoms with Gasteiger partial charge in [0, 0.05) is 12.5 Å². The van der Waals surface area contributed by atoms with E-state index in [1.165, 1.54) is 7.11 Å². The molecule has 1 aromatic heterocycles. The van der Waals surface area contributed by atoms with Crippen LogP contribution in [-0.4, -0.2) is 30.0 Å². The lowest BCUT2D eigenvalue weighted by Crippen LogP contribution is -2.48. The number of aryl methyl sites for hydroxylation is 1. The highest BCUT2D eigenvalue weighted by Gasteiger charge is 2.29. The molecule has 0 saturated carbocycles. The van der Waals surface area contributed by atoms with E-state index >= 15 is 0 Å². The summed E-state index contributed by atoms with van der Waals surface area (Å²) in [5.41, 5.74) is 1.78. The van der Waals surface area contributed by atoms with E-state index in [1.807, 2.05) is 30.3 Å². The highest BCUT2D eigenvalue weighted by atomic mass is 16.5. The van der Waals surface area contributed by atoms with E-state index < -0.39 is 17.9 Å². The number of hydrogen-bond acceptors (Lipinski definition) is 5. The number of benzene rings is 2. The van der Waals surface area contributed by atoms with Gasteiger partial charge < -0.3 is 15.3 Å². The highest BCUT2D eigenvalue weighted by molar-refractivity contribution is 5.95. The highest BCUT2D eigenvalue weighted by Crippen LogP contribution is 2.11. The molecule has 7 nitrogen and oxygen atoms in total. The molecule has 7 heteroatoms. The Labute approximate surface area is 156 Å². The molecule has 0 aliphatic rings. The minimum Gasteiger partial charge on any atom is -0.618 e. The molecule has 1 amide bonds. The average Bonchev–Trinajstić information content (AvgIpc) is 2.67. The first kappa shape index (κ1) is 18.3. The first-order chi connectivity index (χ1) is 13.0. The monoisotopic (exact) mass is 365 g/mol. The predicted molar refractivity (Wildman–Crippen MR) is 98.9 cm³/mol. The van der Waals surface area contributed by atoms with Crippen LogP contribution in [0.15, 0.2) is 54.6 Å². The van der Waals surface area contributed by atoms with Crippen molar-refractivity contribution in [1.82, 2.24) is 10.3 Å². The Morgan fingerprint density at radius 1 is 1.15 bits per heavy atom. The Morgan fingerprint density at radius 2 is 1.81 bits per heavy atom. The predicted octanol–water partition coefficient (Wildman–Crippen LogP) is 1.69. The maximum Gasteiger partial charge on any atom is 0.328 e. The number of carbonyl (C=O) groups is 2. The summed E-state index contributed by atoms with van der Waals surface area (Å²) in [5.74, 6) is -1.26. The molecule has 0 fully saturated rings. The zero-order chi connectivity index (χ0) is 19.4. The van der Waals surface area contributed by atoms with Crippen molar-refractivity contribution in [3.63, 3.8) is 0 Å². The summed E-state index contributed by atoms with van der Waals surface area (Å²) < 4.78 is 5.34. The number of nitrogens with zero attached hydrogens (tertiary/aromatic N) is 2. The van der Waals surface area contributed by atoms with E-state index in [2.05, 4.69) is 10.3 Å². The molecule has 0 saturated heterocycles. The number of rotatable bonds is 5. The number of ether oxygens (including phenoxy) is 1. The fourth-order valence-corrected chi connectivity index (χ4v) is 2.90. The van der Waals surface area contributed by atoms with Crippen LogP contribution < -0.4 is 10.0 Å². The average molecular weight is 365 g/mol. The van der Waals surface area contributed by atoms with Gasteiger partial charge in [-0.3, -0.25) is 4.79 Å². The molecule has 2 aromatic carbocycles. The molecule has 0 aliphatic heterocycles. The third kappa shape index (κ3) is 3.87. The number of amides is 1. The van der Waals surface area contributed by atoms with Crippen LogP contribution in [-0.2, 0) is 16.0 Å². The number of aromatic nitrogens is 2. The Balaban J connectivity index is 1.92. The van der Waals surface area contributed by atoms with Gasteiger partial charge in [-0.15, -0.1) is 0 Å². The van der Waals surface area contributed by atoms with Gasteiger partial charge in [-0.2, -0.15) is 4.73 Å². The van der Waals surface area contributed by atoms with Crippen molar-refractivity contribution in [2.24, 2.45) is 0 Å². The first-order valence-corrected chi connectivity index (χ1v) is 8.42. The Bertz CT molecular complexity index is 989. The standard InChI is InChI=1S/C20H19N3O4/c1-13-18(23(26)17-11-7-6-10-15(17)21-13)19(24)22-16(20(25)27-2)12-14-8-4-3-5-9-14/h3-11,16H,12H2,1-2H3,(H,22,24)/t16-/m0/s1. The lowest BCUT2D eigenvalue weighted by Gasteiger charge is -2.17. The summed E-state index contributed by atoms with van der Waals surface area (Å²) in [4.78, 5) is 29.2. The summed E-state index contributed by atoms with van der Waals surface area (Å²) in [7, 11) is 1.25. The maximum absolute atomic E-state index is 12.8. The topological polar surface area (TPSA) is 95.2 Å². The van der Waals surface area contributed by atoms with Gasteiger partial charge in [0.1, 0.15) is 17.3 Å². The molecule has 1 heterocycles. The lowest BCUT2D eigenvalue weighted by atomic mass is 10.1. The summed E-state index contributed by atoms with van der Waals surface area (Å²) >= 11 is 0. The van der Waals surface area contributed by atoms with E-state index in [4.69, 9.17) is 4.74 Å². The van der Waals surface area contributed by atoms with Crippen molar-refractivity contribution in [2.45, 2.75) is 19.4 Å². The van der Waals surface area contributed by atoms with Gasteiger partial charge in [0.15, 0.2) is 0 Å². The number of para-hydroxylation sites is 2. The van der Waals surface area contributed by atoms with E-state index in [1.54, 1.807) is 31.2 Å². The van der Waals surface area contributed by atoms with Gasteiger partial charge >= 0.3 is 17.6 Å². The first-order valence-electron chi connectivity index (χ1n) is 8.42. The fourth-order valence-electron chi connectivity index (χ4n) is 2.90. The van der Waals surface area contributed by atoms with Crippen LogP contribution in [0.5, 0.6) is 0 Å². The fraction of sp³-hybridized carbons (Fsp3) is 0.200. The largest absolute Gasteiger partial charge is 0.618 e. The second-order valence-corrected chi connectivity index (χ2v) is 6.07. The zero-order valence-electron chi connectivity index (χ0n) is 15.0. The lowest BCUT2D eigenvalue weighted by molar-refractivity contribution is -0.580. The number of carbonyl (C=O) groups excluding carboxylic acids is 2. The molecule has 0 unspecified atom stereocenters. The van der Waals surface area contributed by atoms with Gasteiger partial charge in [-0.1, -0.05) is 42.5 Å². The van der Waals surface area contributed by atoms with E-state index in [0.29, 0.717) is 10.2 Å². The maximum atomic E-state index is 12.8. The summed E-state index contributed by atoms with van der Waals surface area (Å²) in [6, 6.07) is 15.1. The molecule has 0 bridgehead atoms.